The molecule has 2 aromatic rings. The molecule has 3 N–H and O–H groups in total. The Labute approximate surface area is 149 Å². The molecule has 1 aromatic carbocycles. The van der Waals surface area contributed by atoms with Crippen LogP contribution in [0.5, 0.6) is 5.75 Å². The van der Waals surface area contributed by atoms with Crippen molar-refractivity contribution in [1.29, 1.82) is 0 Å². The Hall–Kier alpha value is -2.55. The molecular formula is C17H21F3N4O2. The predicted octanol–water partition coefficient (Wildman–Crippen LogP) is 3.68. The Kier molecular flexibility index (Phi) is 6.25. The minimum Gasteiger partial charge on any atom is -0.495 e. The van der Waals surface area contributed by atoms with Crippen LogP contribution >= 0.6 is 0 Å². The van der Waals surface area contributed by atoms with Crippen molar-refractivity contribution < 1.29 is 23.0 Å². The summed E-state index contributed by atoms with van der Waals surface area (Å²) in [6, 6.07) is 7.14. The normalized spacial score (nSPS) is 12.8. The first-order chi connectivity index (χ1) is 12.2. The van der Waals surface area contributed by atoms with Gasteiger partial charge in [-0.2, -0.15) is 18.2 Å². The summed E-state index contributed by atoms with van der Waals surface area (Å²) >= 11 is 0. The van der Waals surface area contributed by atoms with E-state index in [4.69, 9.17) is 4.74 Å². The van der Waals surface area contributed by atoms with Crippen LogP contribution in [0.2, 0.25) is 0 Å². The lowest BCUT2D eigenvalue weighted by Crippen LogP contribution is -2.30. The molecule has 142 valence electrons. The number of nitrogens with one attached hydrogen (secondary N) is 2. The number of rotatable bonds is 7. The van der Waals surface area contributed by atoms with Crippen LogP contribution in [0.15, 0.2) is 30.3 Å². The van der Waals surface area contributed by atoms with Crippen LogP contribution in [0.1, 0.15) is 19.5 Å². The Morgan fingerprint density at radius 3 is 2.46 bits per heavy atom. The van der Waals surface area contributed by atoms with Crippen molar-refractivity contribution in [2.24, 2.45) is 5.92 Å². The molecule has 0 spiro atoms. The number of ether oxygens (including phenoxy) is 1. The van der Waals surface area contributed by atoms with Crippen molar-refractivity contribution in [2.45, 2.75) is 26.1 Å². The van der Waals surface area contributed by atoms with Gasteiger partial charge in [0.15, 0.2) is 5.69 Å². The summed E-state index contributed by atoms with van der Waals surface area (Å²) in [5.41, 5.74) is -0.622. The van der Waals surface area contributed by atoms with E-state index in [9.17, 15) is 18.3 Å². The largest absolute Gasteiger partial charge is 0.495 e. The van der Waals surface area contributed by atoms with Crippen molar-refractivity contribution in [3.8, 4) is 5.75 Å². The second-order valence-electron chi connectivity index (χ2n) is 5.96. The zero-order chi connectivity index (χ0) is 19.3. The average molecular weight is 370 g/mol. The molecule has 0 saturated heterocycles. The molecular weight excluding hydrogens is 349 g/mol. The van der Waals surface area contributed by atoms with E-state index in [2.05, 4.69) is 20.6 Å². The lowest BCUT2D eigenvalue weighted by molar-refractivity contribution is -0.141. The van der Waals surface area contributed by atoms with Crippen LogP contribution in [0, 0.1) is 5.92 Å². The Bertz CT molecular complexity index is 738. The number of methoxy groups -OCH3 is 1. The highest BCUT2D eigenvalue weighted by Gasteiger charge is 2.34. The summed E-state index contributed by atoms with van der Waals surface area (Å²) in [7, 11) is 1.46. The van der Waals surface area contributed by atoms with Crippen LogP contribution in [-0.4, -0.2) is 34.8 Å². The minimum atomic E-state index is -4.64. The molecule has 0 unspecified atom stereocenters. The molecule has 0 radical (unpaired) electrons. The van der Waals surface area contributed by atoms with Gasteiger partial charge < -0.3 is 20.5 Å². The van der Waals surface area contributed by atoms with Gasteiger partial charge in [-0.05, 0) is 18.1 Å². The van der Waals surface area contributed by atoms with E-state index in [1.54, 1.807) is 24.3 Å². The maximum absolute atomic E-state index is 13.2. The van der Waals surface area contributed by atoms with Crippen molar-refractivity contribution in [3.05, 3.63) is 36.0 Å². The summed E-state index contributed by atoms with van der Waals surface area (Å²) in [4.78, 5) is 7.62. The number of aliphatic hydroxyl groups is 1. The molecule has 9 heteroatoms. The fraction of sp³-hybridized carbons (Fsp3) is 0.412. The van der Waals surface area contributed by atoms with E-state index in [1.165, 1.54) is 7.11 Å². The first kappa shape index (κ1) is 19.8. The SMILES string of the molecule is COc1ccccc1Nc1cc(C(F)(F)F)nc(N[C@@H](CO)C(C)C)n1. The van der Waals surface area contributed by atoms with Gasteiger partial charge in [0.05, 0.1) is 25.4 Å². The van der Waals surface area contributed by atoms with Crippen molar-refractivity contribution in [1.82, 2.24) is 9.97 Å². The van der Waals surface area contributed by atoms with Crippen LogP contribution in [0.3, 0.4) is 0 Å². The van der Waals surface area contributed by atoms with Gasteiger partial charge >= 0.3 is 6.18 Å². The first-order valence-corrected chi connectivity index (χ1v) is 7.98. The smallest absolute Gasteiger partial charge is 0.433 e. The topological polar surface area (TPSA) is 79.3 Å². The standard InChI is InChI=1S/C17H21F3N4O2/c1-10(2)12(9-25)22-16-23-14(17(18,19)20)8-15(24-16)21-11-6-4-5-7-13(11)26-3/h4-8,10,12,25H,9H2,1-3H3,(H2,21,22,23,24)/t12-/m0/s1. The van der Waals surface area contributed by atoms with Crippen molar-refractivity contribution in [2.75, 3.05) is 24.4 Å². The minimum absolute atomic E-state index is 0.0243. The van der Waals surface area contributed by atoms with Crippen LogP contribution < -0.4 is 15.4 Å². The van der Waals surface area contributed by atoms with E-state index < -0.39 is 17.9 Å². The van der Waals surface area contributed by atoms with Gasteiger partial charge in [0, 0.05) is 6.07 Å². The third kappa shape index (κ3) is 4.98. The van der Waals surface area contributed by atoms with Crippen LogP contribution in [-0.2, 0) is 6.18 Å². The highest BCUT2D eigenvalue weighted by Crippen LogP contribution is 2.32. The van der Waals surface area contributed by atoms with Crippen molar-refractivity contribution >= 4 is 17.5 Å². The highest BCUT2D eigenvalue weighted by molar-refractivity contribution is 5.64. The summed E-state index contributed by atoms with van der Waals surface area (Å²) in [5, 5.41) is 15.0. The van der Waals surface area contributed by atoms with E-state index >= 15 is 0 Å². The molecule has 2 rings (SSSR count). The molecule has 0 saturated carbocycles. The van der Waals surface area contributed by atoms with Gasteiger partial charge in [-0.3, -0.25) is 0 Å². The first-order valence-electron chi connectivity index (χ1n) is 7.98. The molecule has 1 heterocycles. The molecule has 6 nitrogen and oxygen atoms in total. The summed E-state index contributed by atoms with van der Waals surface area (Å²) in [5.74, 6) is 0.179. The number of anilines is 3. The Morgan fingerprint density at radius 2 is 1.88 bits per heavy atom. The molecule has 0 aliphatic carbocycles. The van der Waals surface area contributed by atoms with Gasteiger partial charge in [-0.25, -0.2) is 4.98 Å². The van der Waals surface area contributed by atoms with E-state index in [0.29, 0.717) is 11.4 Å². The van der Waals surface area contributed by atoms with Gasteiger partial charge in [0.25, 0.3) is 0 Å². The van der Waals surface area contributed by atoms with Gasteiger partial charge in [-0.15, -0.1) is 0 Å². The number of hydrogen-bond donors (Lipinski definition) is 3. The molecule has 0 bridgehead atoms. The summed E-state index contributed by atoms with van der Waals surface area (Å²) in [6.45, 7) is 3.40. The zero-order valence-corrected chi connectivity index (χ0v) is 14.6. The summed E-state index contributed by atoms with van der Waals surface area (Å²) < 4.78 is 44.8. The fourth-order valence-corrected chi connectivity index (χ4v) is 2.20. The zero-order valence-electron chi connectivity index (χ0n) is 14.6. The number of hydrogen-bond acceptors (Lipinski definition) is 6. The molecule has 0 amide bonds. The van der Waals surface area contributed by atoms with E-state index in [-0.39, 0.29) is 24.3 Å². The molecule has 26 heavy (non-hydrogen) atoms. The number of halogens is 3. The molecule has 0 aliphatic heterocycles. The summed E-state index contributed by atoms with van der Waals surface area (Å²) in [6.07, 6.45) is -4.64. The number of para-hydroxylation sites is 2. The van der Waals surface area contributed by atoms with Crippen LogP contribution in [0.4, 0.5) is 30.6 Å². The molecule has 0 aliphatic rings. The van der Waals surface area contributed by atoms with E-state index in [0.717, 1.165) is 6.07 Å². The lowest BCUT2D eigenvalue weighted by atomic mass is 10.1. The Morgan fingerprint density at radius 1 is 1.19 bits per heavy atom. The average Bonchev–Trinajstić information content (AvgIpc) is 2.59. The monoisotopic (exact) mass is 370 g/mol. The van der Waals surface area contributed by atoms with Gasteiger partial charge in [0.2, 0.25) is 5.95 Å². The Balaban J connectivity index is 2.40. The number of aromatic nitrogens is 2. The third-order valence-corrected chi connectivity index (χ3v) is 3.70. The quantitative estimate of drug-likeness (QED) is 0.690. The number of alkyl halides is 3. The highest BCUT2D eigenvalue weighted by atomic mass is 19.4. The third-order valence-electron chi connectivity index (χ3n) is 3.70. The number of aliphatic hydroxyl groups excluding tert-OH is 1. The van der Waals surface area contributed by atoms with Crippen molar-refractivity contribution in [3.63, 3.8) is 0 Å². The maximum Gasteiger partial charge on any atom is 0.433 e. The van der Waals surface area contributed by atoms with Gasteiger partial charge in [-0.1, -0.05) is 26.0 Å². The van der Waals surface area contributed by atoms with Crippen LogP contribution in [0.25, 0.3) is 0 Å². The molecule has 1 atom stereocenters. The number of nitrogens with zero attached hydrogens (tertiary/aromatic N) is 2. The fourth-order valence-electron chi connectivity index (χ4n) is 2.20. The number of benzene rings is 1. The molecule has 1 aromatic heterocycles. The lowest BCUT2D eigenvalue weighted by Gasteiger charge is -2.21. The van der Waals surface area contributed by atoms with Gasteiger partial charge in [0.1, 0.15) is 11.6 Å². The second kappa shape index (κ2) is 8.22. The van der Waals surface area contributed by atoms with E-state index in [1.807, 2.05) is 13.8 Å². The molecule has 0 fully saturated rings. The predicted molar refractivity (Wildman–Crippen MR) is 92.6 cm³/mol. The second-order valence-corrected chi connectivity index (χ2v) is 5.96. The maximum atomic E-state index is 13.2.